The highest BCUT2D eigenvalue weighted by Crippen LogP contribution is 2.26. The number of hydrogen-bond acceptors (Lipinski definition) is 4. The number of nitrogens with one attached hydrogen (secondary N) is 2. The van der Waals surface area contributed by atoms with Gasteiger partial charge in [0.1, 0.15) is 11.0 Å². The zero-order chi connectivity index (χ0) is 14.8. The Morgan fingerprint density at radius 2 is 2.10 bits per heavy atom. The molecule has 0 radical (unpaired) electrons. The first-order valence-corrected chi connectivity index (χ1v) is 6.90. The summed E-state index contributed by atoms with van der Waals surface area (Å²) >= 11 is 0. The molecule has 0 aliphatic rings. The van der Waals surface area contributed by atoms with Crippen molar-refractivity contribution in [2.45, 2.75) is 19.9 Å². The topological polar surface area (TPSA) is 88.7 Å². The van der Waals surface area contributed by atoms with Gasteiger partial charge in [-0.25, -0.2) is 10.8 Å². The molecule has 6 nitrogen and oxygen atoms in total. The summed E-state index contributed by atoms with van der Waals surface area (Å²) in [5.74, 6) is 5.90. The van der Waals surface area contributed by atoms with Gasteiger partial charge in [0.15, 0.2) is 0 Å². The van der Waals surface area contributed by atoms with Crippen LogP contribution >= 0.6 is 0 Å². The predicted octanol–water partition coefficient (Wildman–Crippen LogP) is 2.09. The zero-order valence-corrected chi connectivity index (χ0v) is 11.8. The summed E-state index contributed by atoms with van der Waals surface area (Å²) in [5, 5.41) is 0. The highest BCUT2D eigenvalue weighted by Gasteiger charge is 2.15. The van der Waals surface area contributed by atoms with Crippen LogP contribution in [-0.4, -0.2) is 14.5 Å². The van der Waals surface area contributed by atoms with Gasteiger partial charge >= 0.3 is 0 Å². The first-order chi connectivity index (χ1) is 10.3. The average Bonchev–Trinajstić information content (AvgIpc) is 2.95. The van der Waals surface area contributed by atoms with E-state index in [2.05, 4.69) is 15.4 Å². The van der Waals surface area contributed by atoms with Crippen LogP contribution < -0.4 is 16.8 Å². The second kappa shape index (κ2) is 5.41. The van der Waals surface area contributed by atoms with Crippen LogP contribution in [0.25, 0.3) is 22.2 Å². The van der Waals surface area contributed by atoms with Gasteiger partial charge in [-0.15, -0.1) is 0 Å². The highest BCUT2D eigenvalue weighted by molar-refractivity contribution is 5.92. The van der Waals surface area contributed by atoms with Crippen LogP contribution in [0.3, 0.4) is 0 Å². The number of aromatic nitrogens is 3. The van der Waals surface area contributed by atoms with E-state index >= 15 is 0 Å². The Kier molecular flexibility index (Phi) is 3.45. The molecule has 0 unspecified atom stereocenters. The minimum Gasteiger partial charge on any atom is -0.355 e. The van der Waals surface area contributed by atoms with Crippen molar-refractivity contribution in [3.8, 4) is 11.1 Å². The number of nitrogen functional groups attached to an aromatic ring is 1. The second-order valence-electron chi connectivity index (χ2n) is 4.83. The number of anilines is 1. The average molecular weight is 283 g/mol. The van der Waals surface area contributed by atoms with Gasteiger partial charge in [0.2, 0.25) is 5.95 Å². The standard InChI is InChI=1S/C15H17N5O/c1-2-8-20-14(21)13-12(18-15(20)19-16)11(9-17-13)10-6-4-3-5-7-10/h3-7,9,17H,2,8,16H2,1H3,(H,18,19). The van der Waals surface area contributed by atoms with Crippen molar-refractivity contribution in [3.05, 3.63) is 46.9 Å². The third-order valence-electron chi connectivity index (χ3n) is 3.45. The monoisotopic (exact) mass is 283 g/mol. The van der Waals surface area contributed by atoms with Crippen molar-refractivity contribution in [3.63, 3.8) is 0 Å². The Hall–Kier alpha value is -2.60. The van der Waals surface area contributed by atoms with Gasteiger partial charge in [-0.2, -0.15) is 0 Å². The van der Waals surface area contributed by atoms with E-state index in [0.717, 1.165) is 17.5 Å². The van der Waals surface area contributed by atoms with E-state index in [4.69, 9.17) is 5.84 Å². The Balaban J connectivity index is 2.28. The Morgan fingerprint density at radius 3 is 2.76 bits per heavy atom. The number of rotatable bonds is 4. The fourth-order valence-corrected chi connectivity index (χ4v) is 2.47. The Bertz CT molecular complexity index is 819. The molecule has 0 aliphatic heterocycles. The maximum Gasteiger partial charge on any atom is 0.279 e. The maximum atomic E-state index is 12.5. The summed E-state index contributed by atoms with van der Waals surface area (Å²) in [6.45, 7) is 2.57. The number of nitrogens with two attached hydrogens (primary N) is 1. The molecule has 21 heavy (non-hydrogen) atoms. The fourth-order valence-electron chi connectivity index (χ4n) is 2.47. The smallest absolute Gasteiger partial charge is 0.279 e. The quantitative estimate of drug-likeness (QED) is 0.505. The number of benzene rings is 1. The molecule has 0 amide bonds. The lowest BCUT2D eigenvalue weighted by molar-refractivity contribution is 0.653. The first kappa shape index (κ1) is 13.4. The third-order valence-corrected chi connectivity index (χ3v) is 3.45. The molecule has 0 saturated heterocycles. The van der Waals surface area contributed by atoms with Crippen LogP contribution in [0.4, 0.5) is 5.95 Å². The third kappa shape index (κ3) is 2.19. The van der Waals surface area contributed by atoms with Crippen LogP contribution in [0.15, 0.2) is 41.3 Å². The molecule has 3 rings (SSSR count). The van der Waals surface area contributed by atoms with Gasteiger partial charge in [0.05, 0.1) is 0 Å². The van der Waals surface area contributed by atoms with Crippen molar-refractivity contribution in [1.29, 1.82) is 0 Å². The van der Waals surface area contributed by atoms with Crippen LogP contribution in [0.1, 0.15) is 13.3 Å². The molecule has 108 valence electrons. The molecule has 1 aromatic carbocycles. The minimum absolute atomic E-state index is 0.114. The number of H-pyrrole nitrogens is 1. The molecule has 0 atom stereocenters. The van der Waals surface area contributed by atoms with E-state index < -0.39 is 0 Å². The summed E-state index contributed by atoms with van der Waals surface area (Å²) in [4.78, 5) is 20.1. The van der Waals surface area contributed by atoms with E-state index in [-0.39, 0.29) is 5.56 Å². The van der Waals surface area contributed by atoms with Crippen molar-refractivity contribution in [2.24, 2.45) is 5.84 Å². The van der Waals surface area contributed by atoms with Crippen LogP contribution in [-0.2, 0) is 6.54 Å². The van der Waals surface area contributed by atoms with Crippen molar-refractivity contribution in [2.75, 3.05) is 5.43 Å². The molecule has 6 heteroatoms. The van der Waals surface area contributed by atoms with Gasteiger partial charge in [-0.05, 0) is 12.0 Å². The summed E-state index contributed by atoms with van der Waals surface area (Å²) in [6, 6.07) is 9.82. The highest BCUT2D eigenvalue weighted by atomic mass is 16.1. The lowest BCUT2D eigenvalue weighted by Gasteiger charge is -2.10. The van der Waals surface area contributed by atoms with Crippen LogP contribution in [0.5, 0.6) is 0 Å². The predicted molar refractivity (Wildman–Crippen MR) is 83.9 cm³/mol. The second-order valence-corrected chi connectivity index (χ2v) is 4.83. The molecule has 0 aliphatic carbocycles. The molecule has 0 bridgehead atoms. The molecular formula is C15H17N5O. The number of aromatic amines is 1. The lowest BCUT2D eigenvalue weighted by atomic mass is 10.1. The van der Waals surface area contributed by atoms with Gasteiger partial charge in [-0.1, -0.05) is 37.3 Å². The molecule has 0 fully saturated rings. The number of hydrogen-bond donors (Lipinski definition) is 3. The number of fused-ring (bicyclic) bond motifs is 1. The molecule has 2 heterocycles. The van der Waals surface area contributed by atoms with Crippen molar-refractivity contribution >= 4 is 17.0 Å². The van der Waals surface area contributed by atoms with Gasteiger partial charge < -0.3 is 4.98 Å². The van der Waals surface area contributed by atoms with E-state index in [1.54, 1.807) is 4.57 Å². The minimum atomic E-state index is -0.114. The summed E-state index contributed by atoms with van der Waals surface area (Å²) in [6.07, 6.45) is 2.64. The molecule has 0 spiro atoms. The van der Waals surface area contributed by atoms with Crippen molar-refractivity contribution < 1.29 is 0 Å². The van der Waals surface area contributed by atoms with Crippen LogP contribution in [0, 0.1) is 0 Å². The molecule has 4 N–H and O–H groups in total. The molecular weight excluding hydrogens is 266 g/mol. The summed E-state index contributed by atoms with van der Waals surface area (Å²) < 4.78 is 1.55. The molecule has 3 aromatic rings. The van der Waals surface area contributed by atoms with Crippen molar-refractivity contribution in [1.82, 2.24) is 14.5 Å². The normalized spacial score (nSPS) is 11.0. The summed E-state index contributed by atoms with van der Waals surface area (Å²) in [5.41, 5.74) is 5.44. The lowest BCUT2D eigenvalue weighted by Crippen LogP contribution is -2.27. The SMILES string of the molecule is CCCn1c(NN)nc2c(-c3ccccc3)c[nH]c2c1=O. The maximum absolute atomic E-state index is 12.5. The van der Waals surface area contributed by atoms with Gasteiger partial charge in [0, 0.05) is 18.3 Å². The van der Waals surface area contributed by atoms with Gasteiger partial charge in [-0.3, -0.25) is 14.8 Å². The van der Waals surface area contributed by atoms with E-state index in [1.807, 2.05) is 43.5 Å². The zero-order valence-electron chi connectivity index (χ0n) is 11.8. The Labute approximate surface area is 121 Å². The van der Waals surface area contributed by atoms with Crippen LogP contribution in [0.2, 0.25) is 0 Å². The molecule has 0 saturated carbocycles. The number of hydrazine groups is 1. The Morgan fingerprint density at radius 1 is 1.33 bits per heavy atom. The van der Waals surface area contributed by atoms with E-state index in [1.165, 1.54) is 0 Å². The van der Waals surface area contributed by atoms with Gasteiger partial charge in [0.25, 0.3) is 5.56 Å². The van der Waals surface area contributed by atoms with E-state index in [0.29, 0.717) is 23.5 Å². The first-order valence-electron chi connectivity index (χ1n) is 6.90. The van der Waals surface area contributed by atoms with E-state index in [9.17, 15) is 4.79 Å². The number of nitrogens with zero attached hydrogens (tertiary/aromatic N) is 2. The fraction of sp³-hybridized carbons (Fsp3) is 0.200. The largest absolute Gasteiger partial charge is 0.355 e. The summed E-state index contributed by atoms with van der Waals surface area (Å²) in [7, 11) is 0. The molecule has 2 aromatic heterocycles.